The molecule has 218 valence electrons. The minimum atomic E-state index is 0. The standard InChI is InChI=1S/C36H39N3O2.ClH/c1-27-11-15-29(16-12-27)35(19-20-38-21-23-39(24-22-38)34-9-5-6-10-36(34)40-2)41-31-17-13-28(14-18-31)25-30-26-37-33-8-4-3-7-32(30)33;/h3-18,26,35,37H,19-25H2,1-2H3;1H/t35-;/m0./s1. The summed E-state index contributed by atoms with van der Waals surface area (Å²) in [5, 5.41) is 1.29. The minimum absolute atomic E-state index is 0. The Morgan fingerprint density at radius 1 is 0.810 bits per heavy atom. The SMILES string of the molecule is COc1ccccc1N1CCN(CC[C@H](Oc2ccc(Cc3c[nH]c4ccccc34)cc2)c2ccc(C)cc2)CC1.Cl. The van der Waals surface area contributed by atoms with Crippen LogP contribution in [0.3, 0.4) is 0 Å². The van der Waals surface area contributed by atoms with Gasteiger partial charge in [-0.1, -0.05) is 72.3 Å². The smallest absolute Gasteiger partial charge is 0.142 e. The molecule has 1 atom stereocenters. The normalized spacial score (nSPS) is 14.4. The first kappa shape index (κ1) is 29.6. The second-order valence-corrected chi connectivity index (χ2v) is 11.0. The predicted octanol–water partition coefficient (Wildman–Crippen LogP) is 7.83. The monoisotopic (exact) mass is 581 g/mol. The summed E-state index contributed by atoms with van der Waals surface area (Å²) in [6, 6.07) is 34.2. The topological polar surface area (TPSA) is 40.7 Å². The zero-order valence-electron chi connectivity index (χ0n) is 24.5. The Labute approximate surface area is 255 Å². The lowest BCUT2D eigenvalue weighted by Crippen LogP contribution is -2.47. The number of halogens is 1. The number of aromatic nitrogens is 1. The van der Waals surface area contributed by atoms with Gasteiger partial charge in [-0.25, -0.2) is 0 Å². The summed E-state index contributed by atoms with van der Waals surface area (Å²) < 4.78 is 12.2. The van der Waals surface area contributed by atoms with Gasteiger partial charge in [-0.3, -0.25) is 4.90 Å². The van der Waals surface area contributed by atoms with E-state index in [1.165, 1.54) is 38.8 Å². The predicted molar refractivity (Wildman–Crippen MR) is 176 cm³/mol. The number of fused-ring (bicyclic) bond motifs is 1. The van der Waals surface area contributed by atoms with E-state index >= 15 is 0 Å². The highest BCUT2D eigenvalue weighted by Crippen LogP contribution is 2.30. The molecule has 0 aliphatic carbocycles. The van der Waals surface area contributed by atoms with Gasteiger partial charge in [0.25, 0.3) is 0 Å². The van der Waals surface area contributed by atoms with Gasteiger partial charge in [-0.2, -0.15) is 0 Å². The van der Waals surface area contributed by atoms with Crippen LogP contribution >= 0.6 is 12.4 Å². The molecule has 1 saturated heterocycles. The molecular formula is C36H40ClN3O2. The zero-order chi connectivity index (χ0) is 28.0. The number of ether oxygens (including phenoxy) is 2. The number of piperazine rings is 1. The molecule has 1 aliphatic heterocycles. The second kappa shape index (κ2) is 13.8. The van der Waals surface area contributed by atoms with Gasteiger partial charge in [0.05, 0.1) is 12.8 Å². The number of nitrogens with zero attached hydrogens (tertiary/aromatic N) is 2. The first-order valence-corrected chi connectivity index (χ1v) is 14.6. The maximum atomic E-state index is 6.65. The molecule has 42 heavy (non-hydrogen) atoms. The van der Waals surface area contributed by atoms with Crippen LogP contribution in [0.25, 0.3) is 10.9 Å². The van der Waals surface area contributed by atoms with E-state index in [1.54, 1.807) is 7.11 Å². The van der Waals surface area contributed by atoms with Crippen molar-refractivity contribution in [3.05, 3.63) is 126 Å². The number of rotatable bonds is 10. The highest BCUT2D eigenvalue weighted by atomic mass is 35.5. The van der Waals surface area contributed by atoms with E-state index in [0.717, 1.165) is 57.1 Å². The van der Waals surface area contributed by atoms with Crippen molar-refractivity contribution in [3.63, 3.8) is 0 Å². The summed E-state index contributed by atoms with van der Waals surface area (Å²) in [6.07, 6.45) is 3.96. The van der Waals surface area contributed by atoms with Gasteiger partial charge in [0.15, 0.2) is 0 Å². The van der Waals surface area contributed by atoms with Crippen molar-refractivity contribution in [1.29, 1.82) is 0 Å². The Morgan fingerprint density at radius 2 is 1.52 bits per heavy atom. The minimum Gasteiger partial charge on any atom is -0.495 e. The van der Waals surface area contributed by atoms with Gasteiger partial charge >= 0.3 is 0 Å². The van der Waals surface area contributed by atoms with Crippen molar-refractivity contribution in [2.75, 3.05) is 44.7 Å². The van der Waals surface area contributed by atoms with Crippen LogP contribution in [0.4, 0.5) is 5.69 Å². The van der Waals surface area contributed by atoms with Gasteiger partial charge in [0.1, 0.15) is 17.6 Å². The molecule has 0 bridgehead atoms. The average Bonchev–Trinajstić information content (AvgIpc) is 3.43. The van der Waals surface area contributed by atoms with E-state index in [4.69, 9.17) is 9.47 Å². The molecule has 2 heterocycles. The number of para-hydroxylation sites is 3. The Hall–Kier alpha value is -3.93. The Morgan fingerprint density at radius 3 is 2.29 bits per heavy atom. The summed E-state index contributed by atoms with van der Waals surface area (Å²) >= 11 is 0. The van der Waals surface area contributed by atoms with Gasteiger partial charge in [0.2, 0.25) is 0 Å². The van der Waals surface area contributed by atoms with Crippen LogP contribution in [0.15, 0.2) is 103 Å². The van der Waals surface area contributed by atoms with Crippen LogP contribution < -0.4 is 14.4 Å². The number of anilines is 1. The highest BCUT2D eigenvalue weighted by Gasteiger charge is 2.22. The number of benzene rings is 4. The molecule has 1 N–H and O–H groups in total. The Balaban J connectivity index is 0.00000353. The average molecular weight is 582 g/mol. The number of hydrogen-bond acceptors (Lipinski definition) is 4. The number of nitrogens with one attached hydrogen (secondary N) is 1. The number of aryl methyl sites for hydroxylation is 1. The summed E-state index contributed by atoms with van der Waals surface area (Å²) in [6.45, 7) is 7.18. The molecule has 0 saturated carbocycles. The lowest BCUT2D eigenvalue weighted by molar-refractivity contribution is 0.160. The van der Waals surface area contributed by atoms with Crippen molar-refractivity contribution >= 4 is 29.0 Å². The summed E-state index contributed by atoms with van der Waals surface area (Å²) in [5.41, 5.74) is 7.46. The van der Waals surface area contributed by atoms with Crippen LogP contribution in [0.1, 0.15) is 34.8 Å². The summed E-state index contributed by atoms with van der Waals surface area (Å²) in [4.78, 5) is 8.38. The molecule has 0 radical (unpaired) electrons. The molecule has 5 nitrogen and oxygen atoms in total. The van der Waals surface area contributed by atoms with Gasteiger partial charge in [-0.05, 0) is 60.4 Å². The molecule has 1 aliphatic rings. The van der Waals surface area contributed by atoms with Crippen LogP contribution in [0.2, 0.25) is 0 Å². The van der Waals surface area contributed by atoms with E-state index in [9.17, 15) is 0 Å². The van der Waals surface area contributed by atoms with E-state index < -0.39 is 0 Å². The molecule has 0 unspecified atom stereocenters. The maximum Gasteiger partial charge on any atom is 0.142 e. The van der Waals surface area contributed by atoms with Crippen molar-refractivity contribution in [2.45, 2.75) is 25.9 Å². The molecule has 4 aromatic carbocycles. The summed E-state index contributed by atoms with van der Waals surface area (Å²) in [5.74, 6) is 1.86. The van der Waals surface area contributed by atoms with Crippen LogP contribution in [-0.4, -0.2) is 49.7 Å². The number of methoxy groups -OCH3 is 1. The Bertz CT molecular complexity index is 1560. The fourth-order valence-electron chi connectivity index (χ4n) is 5.83. The van der Waals surface area contributed by atoms with Gasteiger partial charge < -0.3 is 19.4 Å². The van der Waals surface area contributed by atoms with Crippen molar-refractivity contribution in [2.24, 2.45) is 0 Å². The molecule has 6 heteroatoms. The number of aromatic amines is 1. The van der Waals surface area contributed by atoms with E-state index in [2.05, 4.69) is 113 Å². The molecule has 1 aromatic heterocycles. The fourth-order valence-corrected chi connectivity index (χ4v) is 5.83. The van der Waals surface area contributed by atoms with Crippen molar-refractivity contribution in [3.8, 4) is 11.5 Å². The third-order valence-electron chi connectivity index (χ3n) is 8.23. The summed E-state index contributed by atoms with van der Waals surface area (Å²) in [7, 11) is 1.75. The number of H-pyrrole nitrogens is 1. The molecular weight excluding hydrogens is 542 g/mol. The molecule has 6 rings (SSSR count). The molecule has 1 fully saturated rings. The van der Waals surface area contributed by atoms with Crippen LogP contribution in [0, 0.1) is 6.92 Å². The lowest BCUT2D eigenvalue weighted by atomic mass is 10.0. The largest absolute Gasteiger partial charge is 0.495 e. The van der Waals surface area contributed by atoms with Crippen molar-refractivity contribution < 1.29 is 9.47 Å². The number of hydrogen-bond donors (Lipinski definition) is 1. The van der Waals surface area contributed by atoms with Gasteiger partial charge in [0, 0.05) is 56.2 Å². The zero-order valence-corrected chi connectivity index (χ0v) is 25.3. The third-order valence-corrected chi connectivity index (χ3v) is 8.23. The molecule has 5 aromatic rings. The van der Waals surface area contributed by atoms with Crippen LogP contribution in [0.5, 0.6) is 11.5 Å². The first-order chi connectivity index (χ1) is 20.2. The second-order valence-electron chi connectivity index (χ2n) is 11.0. The van der Waals surface area contributed by atoms with Crippen LogP contribution in [-0.2, 0) is 6.42 Å². The van der Waals surface area contributed by atoms with E-state index in [0.29, 0.717) is 0 Å². The van der Waals surface area contributed by atoms with Gasteiger partial charge in [-0.15, -0.1) is 12.4 Å². The lowest BCUT2D eigenvalue weighted by Gasteiger charge is -2.37. The first-order valence-electron chi connectivity index (χ1n) is 14.6. The molecule has 0 spiro atoms. The van der Waals surface area contributed by atoms with E-state index in [1.807, 2.05) is 12.1 Å². The third kappa shape index (κ3) is 6.92. The fraction of sp³-hybridized carbons (Fsp3) is 0.278. The highest BCUT2D eigenvalue weighted by molar-refractivity contribution is 5.85. The van der Waals surface area contributed by atoms with Crippen molar-refractivity contribution in [1.82, 2.24) is 9.88 Å². The maximum absolute atomic E-state index is 6.65. The quantitative estimate of drug-likeness (QED) is 0.182. The Kier molecular flexibility index (Phi) is 9.73. The molecule has 0 amide bonds. The van der Waals surface area contributed by atoms with E-state index in [-0.39, 0.29) is 18.5 Å².